The number of aromatic nitrogens is 2. The number of fused-ring (bicyclic) bond motifs is 1. The number of aliphatic hydroxyl groups excluding tert-OH is 1. The van der Waals surface area contributed by atoms with Gasteiger partial charge in [0.2, 0.25) is 11.7 Å². The molecule has 9 nitrogen and oxygen atoms in total. The molecule has 1 aromatic heterocycles. The Hall–Kier alpha value is -3.74. The van der Waals surface area contributed by atoms with Gasteiger partial charge in [0.05, 0.1) is 24.3 Å². The minimum absolute atomic E-state index is 0.0362. The van der Waals surface area contributed by atoms with E-state index >= 15 is 0 Å². The van der Waals surface area contributed by atoms with E-state index in [1.54, 1.807) is 18.2 Å². The number of β-amino-alcohol motifs (C(OH)–C–C–N with tert-alkyl or cyclic N) is 1. The molecular formula is C27H29N5O4. The molecule has 1 N–H and O–H groups in total. The number of benzene rings is 2. The summed E-state index contributed by atoms with van der Waals surface area (Å²) in [6, 6.07) is 13.5. The summed E-state index contributed by atoms with van der Waals surface area (Å²) in [4.78, 5) is 21.2. The molecule has 9 heteroatoms. The summed E-state index contributed by atoms with van der Waals surface area (Å²) in [5.74, 6) is 1.44. The first-order valence-electron chi connectivity index (χ1n) is 12.2. The second-order valence-electron chi connectivity index (χ2n) is 9.62. The zero-order chi connectivity index (χ0) is 25.2. The summed E-state index contributed by atoms with van der Waals surface area (Å²) in [5, 5.41) is 23.1. The number of aliphatic hydroxyl groups is 1. The summed E-state index contributed by atoms with van der Waals surface area (Å²) < 4.78 is 11.2. The van der Waals surface area contributed by atoms with Crippen LogP contribution in [-0.4, -0.2) is 75.9 Å². The Morgan fingerprint density at radius 3 is 2.64 bits per heavy atom. The molecule has 5 rings (SSSR count). The Kier molecular flexibility index (Phi) is 6.72. The second kappa shape index (κ2) is 10.1. The maximum Gasteiger partial charge on any atom is 0.258 e. The molecule has 0 unspecified atom stereocenters. The number of amides is 1. The fourth-order valence-corrected chi connectivity index (χ4v) is 4.64. The first-order valence-corrected chi connectivity index (χ1v) is 12.2. The van der Waals surface area contributed by atoms with Gasteiger partial charge in [-0.15, -0.1) is 0 Å². The molecule has 0 aliphatic carbocycles. The van der Waals surface area contributed by atoms with Crippen LogP contribution in [0, 0.1) is 11.3 Å². The van der Waals surface area contributed by atoms with Gasteiger partial charge >= 0.3 is 0 Å². The van der Waals surface area contributed by atoms with Gasteiger partial charge in [-0.3, -0.25) is 9.69 Å². The minimum Gasteiger partial charge on any atom is -0.490 e. The van der Waals surface area contributed by atoms with Gasteiger partial charge in [-0.2, -0.15) is 10.2 Å². The molecule has 3 aromatic rings. The number of nitrogens with zero attached hydrogens (tertiary/aromatic N) is 5. The Balaban J connectivity index is 1.29. The average Bonchev–Trinajstić information content (AvgIpc) is 3.24. The minimum atomic E-state index is -0.304. The number of carbonyl (C=O) groups excluding carboxylic acids is 1. The van der Waals surface area contributed by atoms with E-state index in [2.05, 4.69) is 28.3 Å². The number of nitriles is 1. The van der Waals surface area contributed by atoms with Crippen molar-refractivity contribution in [2.75, 3.05) is 32.7 Å². The lowest BCUT2D eigenvalue weighted by molar-refractivity contribution is -0.135. The molecule has 0 bridgehead atoms. The monoisotopic (exact) mass is 487 g/mol. The van der Waals surface area contributed by atoms with Crippen molar-refractivity contribution in [2.45, 2.75) is 38.9 Å². The van der Waals surface area contributed by atoms with Crippen LogP contribution in [0.15, 0.2) is 40.9 Å². The maximum absolute atomic E-state index is 12.7. The van der Waals surface area contributed by atoms with Crippen LogP contribution in [0.2, 0.25) is 0 Å². The first kappa shape index (κ1) is 24.0. The molecule has 0 radical (unpaired) electrons. The van der Waals surface area contributed by atoms with Crippen molar-refractivity contribution in [3.05, 3.63) is 53.1 Å². The van der Waals surface area contributed by atoms with Crippen LogP contribution in [0.3, 0.4) is 0 Å². The summed E-state index contributed by atoms with van der Waals surface area (Å²) in [7, 11) is 0. The normalized spacial score (nSPS) is 16.2. The number of carbonyl (C=O) groups is 1. The van der Waals surface area contributed by atoms with Gasteiger partial charge in [0, 0.05) is 37.3 Å². The van der Waals surface area contributed by atoms with Crippen LogP contribution >= 0.6 is 0 Å². The molecule has 186 valence electrons. The summed E-state index contributed by atoms with van der Waals surface area (Å²) in [6.45, 7) is 6.68. The van der Waals surface area contributed by atoms with E-state index in [0.29, 0.717) is 61.3 Å². The summed E-state index contributed by atoms with van der Waals surface area (Å²) >= 11 is 0. The van der Waals surface area contributed by atoms with Crippen LogP contribution in [0.4, 0.5) is 0 Å². The van der Waals surface area contributed by atoms with Gasteiger partial charge in [-0.1, -0.05) is 17.3 Å². The molecule has 1 fully saturated rings. The third-order valence-electron chi connectivity index (χ3n) is 6.55. The largest absolute Gasteiger partial charge is 0.490 e. The second-order valence-corrected chi connectivity index (χ2v) is 9.62. The predicted octanol–water partition coefficient (Wildman–Crippen LogP) is 2.67. The van der Waals surface area contributed by atoms with Gasteiger partial charge in [0.15, 0.2) is 0 Å². The molecule has 1 saturated heterocycles. The van der Waals surface area contributed by atoms with Crippen LogP contribution in [-0.2, 0) is 17.6 Å². The Morgan fingerprint density at radius 1 is 1.17 bits per heavy atom. The third-order valence-corrected chi connectivity index (χ3v) is 6.55. The van der Waals surface area contributed by atoms with Crippen molar-refractivity contribution in [3.63, 3.8) is 0 Å². The lowest BCUT2D eigenvalue weighted by atomic mass is 10.00. The zero-order valence-corrected chi connectivity index (χ0v) is 20.5. The van der Waals surface area contributed by atoms with Crippen LogP contribution in [0.5, 0.6) is 5.75 Å². The van der Waals surface area contributed by atoms with Crippen LogP contribution < -0.4 is 4.74 Å². The van der Waals surface area contributed by atoms with E-state index in [1.165, 1.54) is 11.1 Å². The van der Waals surface area contributed by atoms with Gasteiger partial charge in [0.25, 0.3) is 5.89 Å². The third kappa shape index (κ3) is 5.10. The fraction of sp³-hybridized carbons (Fsp3) is 0.407. The molecule has 0 saturated carbocycles. The molecule has 36 heavy (non-hydrogen) atoms. The van der Waals surface area contributed by atoms with Gasteiger partial charge in [-0.25, -0.2) is 0 Å². The van der Waals surface area contributed by atoms with Gasteiger partial charge < -0.3 is 19.3 Å². The number of rotatable bonds is 6. The Morgan fingerprint density at radius 2 is 1.92 bits per heavy atom. The average molecular weight is 488 g/mol. The Labute approximate surface area is 209 Å². The molecular weight excluding hydrogens is 458 g/mol. The van der Waals surface area contributed by atoms with E-state index in [9.17, 15) is 15.2 Å². The maximum atomic E-state index is 12.7. The predicted molar refractivity (Wildman–Crippen MR) is 132 cm³/mol. The first-order chi connectivity index (χ1) is 17.4. The standard InChI is InChI=1S/C27H29N5O4/c1-17(2)35-24-6-5-21(12-22(24)13-28)27-29-26(30-36-27)20-4-3-18-7-9-32(10-8-19(18)11-20)25(34)16-31-14-23(33)15-31/h3-6,11-12,17,23,33H,7-10,14-16H2,1-2H3. The number of likely N-dealkylation sites (tertiary alicyclic amines) is 1. The highest BCUT2D eigenvalue weighted by molar-refractivity contribution is 5.78. The van der Waals surface area contributed by atoms with Crippen molar-refractivity contribution in [2.24, 2.45) is 0 Å². The van der Waals surface area contributed by atoms with E-state index in [-0.39, 0.29) is 18.1 Å². The smallest absolute Gasteiger partial charge is 0.258 e. The number of ether oxygens (including phenoxy) is 1. The molecule has 0 spiro atoms. The van der Waals surface area contributed by atoms with Crippen LogP contribution in [0.1, 0.15) is 30.5 Å². The summed E-state index contributed by atoms with van der Waals surface area (Å²) in [6.07, 6.45) is 1.21. The van der Waals surface area contributed by atoms with E-state index < -0.39 is 0 Å². The van der Waals surface area contributed by atoms with E-state index in [0.717, 1.165) is 18.4 Å². The van der Waals surface area contributed by atoms with E-state index in [4.69, 9.17) is 9.26 Å². The van der Waals surface area contributed by atoms with Crippen molar-refractivity contribution in [1.29, 1.82) is 5.26 Å². The fourth-order valence-electron chi connectivity index (χ4n) is 4.64. The lowest BCUT2D eigenvalue weighted by Gasteiger charge is -2.36. The Bertz CT molecular complexity index is 1310. The molecule has 2 aliphatic heterocycles. The SMILES string of the molecule is CC(C)Oc1ccc(-c2nc(-c3ccc4c(c3)CCN(C(=O)CN3CC(O)C3)CC4)no2)cc1C#N. The molecule has 2 aliphatic rings. The highest BCUT2D eigenvalue weighted by Gasteiger charge is 2.28. The zero-order valence-electron chi connectivity index (χ0n) is 20.5. The van der Waals surface area contributed by atoms with Crippen molar-refractivity contribution < 1.29 is 19.2 Å². The highest BCUT2D eigenvalue weighted by atomic mass is 16.5. The molecule has 1 amide bonds. The molecule has 2 aromatic carbocycles. The van der Waals surface area contributed by atoms with Gasteiger partial charge in [0.1, 0.15) is 11.8 Å². The summed E-state index contributed by atoms with van der Waals surface area (Å²) in [5.41, 5.74) is 4.31. The molecule has 0 atom stereocenters. The number of hydrogen-bond donors (Lipinski definition) is 1. The van der Waals surface area contributed by atoms with E-state index in [1.807, 2.05) is 29.7 Å². The van der Waals surface area contributed by atoms with Crippen LogP contribution in [0.25, 0.3) is 22.8 Å². The van der Waals surface area contributed by atoms with Crippen molar-refractivity contribution >= 4 is 5.91 Å². The van der Waals surface area contributed by atoms with Crippen molar-refractivity contribution in [3.8, 4) is 34.7 Å². The number of hydrogen-bond acceptors (Lipinski definition) is 8. The van der Waals surface area contributed by atoms with Gasteiger partial charge in [-0.05, 0) is 62.1 Å². The van der Waals surface area contributed by atoms with Crippen molar-refractivity contribution in [1.82, 2.24) is 19.9 Å². The quantitative estimate of drug-likeness (QED) is 0.564. The topological polar surface area (TPSA) is 116 Å². The lowest BCUT2D eigenvalue weighted by Crippen LogP contribution is -2.54. The highest BCUT2D eigenvalue weighted by Crippen LogP contribution is 2.29. The molecule has 3 heterocycles.